The molecule has 1 aliphatic rings. The van der Waals surface area contributed by atoms with Gasteiger partial charge in [0.1, 0.15) is 0 Å². The minimum Gasteiger partial charge on any atom is -0.355 e. The molecular weight excluding hydrogens is 454 g/mol. The van der Waals surface area contributed by atoms with Crippen molar-refractivity contribution in [3.8, 4) is 11.3 Å². The van der Waals surface area contributed by atoms with Crippen molar-refractivity contribution in [1.82, 2.24) is 15.2 Å². The van der Waals surface area contributed by atoms with E-state index in [0.29, 0.717) is 5.69 Å². The zero-order valence-corrected chi connectivity index (χ0v) is 20.2. The van der Waals surface area contributed by atoms with Gasteiger partial charge >= 0.3 is 0 Å². The highest BCUT2D eigenvalue weighted by molar-refractivity contribution is 7.92. The van der Waals surface area contributed by atoms with E-state index in [0.717, 1.165) is 51.3 Å². The second-order valence-corrected chi connectivity index (χ2v) is 11.4. The third kappa shape index (κ3) is 4.69. The van der Waals surface area contributed by atoms with Crippen molar-refractivity contribution in [2.45, 2.75) is 31.6 Å². The second kappa shape index (κ2) is 8.72. The Morgan fingerprint density at radius 1 is 1.00 bits per heavy atom. The summed E-state index contributed by atoms with van der Waals surface area (Å²) in [7, 11) is -3.70. The SMILES string of the molecule is Cc1nc2ccc(S(=O)(=O)Nc3ccc(-c4ccc(N5CCC(C)CC5)nn4)cc3)cc2s1. The van der Waals surface area contributed by atoms with E-state index in [1.807, 2.05) is 31.2 Å². The first-order valence-corrected chi connectivity index (χ1v) is 13.3. The largest absolute Gasteiger partial charge is 0.355 e. The smallest absolute Gasteiger partial charge is 0.261 e. The lowest BCUT2D eigenvalue weighted by atomic mass is 9.99. The number of sulfonamides is 1. The first-order valence-electron chi connectivity index (χ1n) is 11.0. The molecule has 9 heteroatoms. The van der Waals surface area contributed by atoms with Gasteiger partial charge < -0.3 is 4.90 Å². The van der Waals surface area contributed by atoms with Gasteiger partial charge in [-0.2, -0.15) is 0 Å². The average molecular weight is 480 g/mol. The monoisotopic (exact) mass is 479 g/mol. The molecule has 5 rings (SSSR count). The summed E-state index contributed by atoms with van der Waals surface area (Å²) in [5.41, 5.74) is 2.93. The summed E-state index contributed by atoms with van der Waals surface area (Å²) in [4.78, 5) is 6.88. The van der Waals surface area contributed by atoms with Crippen molar-refractivity contribution in [1.29, 1.82) is 0 Å². The van der Waals surface area contributed by atoms with Gasteiger partial charge in [0, 0.05) is 24.3 Å². The molecule has 0 atom stereocenters. The number of thiazole rings is 1. The maximum Gasteiger partial charge on any atom is 0.261 e. The highest BCUT2D eigenvalue weighted by Gasteiger charge is 2.18. The van der Waals surface area contributed by atoms with E-state index in [1.54, 1.807) is 30.3 Å². The number of anilines is 2. The summed E-state index contributed by atoms with van der Waals surface area (Å²) in [6, 6.07) is 16.1. The van der Waals surface area contributed by atoms with E-state index >= 15 is 0 Å². The molecule has 2 aromatic carbocycles. The molecule has 4 aromatic rings. The minimum atomic E-state index is -3.70. The number of aromatic nitrogens is 3. The fraction of sp³-hybridized carbons (Fsp3) is 0.292. The first kappa shape index (κ1) is 21.8. The van der Waals surface area contributed by atoms with Crippen LogP contribution >= 0.6 is 11.3 Å². The molecule has 1 aliphatic heterocycles. The van der Waals surface area contributed by atoms with Crippen LogP contribution < -0.4 is 9.62 Å². The maximum absolute atomic E-state index is 12.9. The molecule has 1 N–H and O–H groups in total. The second-order valence-electron chi connectivity index (χ2n) is 8.49. The zero-order chi connectivity index (χ0) is 23.0. The molecule has 2 aromatic heterocycles. The van der Waals surface area contributed by atoms with E-state index in [2.05, 4.69) is 31.7 Å². The summed E-state index contributed by atoms with van der Waals surface area (Å²) in [5, 5.41) is 9.71. The fourth-order valence-electron chi connectivity index (χ4n) is 4.00. The Morgan fingerprint density at radius 3 is 2.45 bits per heavy atom. The Kier molecular flexibility index (Phi) is 5.76. The molecule has 1 fully saturated rings. The van der Waals surface area contributed by atoms with Crippen LogP contribution in [0.1, 0.15) is 24.8 Å². The maximum atomic E-state index is 12.9. The Balaban J connectivity index is 1.29. The molecule has 170 valence electrons. The van der Waals surface area contributed by atoms with Crippen molar-refractivity contribution in [2.24, 2.45) is 5.92 Å². The summed E-state index contributed by atoms with van der Waals surface area (Å²) in [5.74, 6) is 1.67. The molecule has 0 saturated carbocycles. The highest BCUT2D eigenvalue weighted by Crippen LogP contribution is 2.27. The molecule has 33 heavy (non-hydrogen) atoms. The predicted octanol–water partition coefficient (Wildman–Crippen LogP) is 5.10. The van der Waals surface area contributed by atoms with E-state index < -0.39 is 10.0 Å². The average Bonchev–Trinajstić information content (AvgIpc) is 3.19. The van der Waals surface area contributed by atoms with Crippen molar-refractivity contribution >= 4 is 43.1 Å². The number of fused-ring (bicyclic) bond motifs is 1. The van der Waals surface area contributed by atoms with Gasteiger partial charge in [0.25, 0.3) is 10.0 Å². The van der Waals surface area contributed by atoms with Gasteiger partial charge in [0.15, 0.2) is 5.82 Å². The van der Waals surface area contributed by atoms with Gasteiger partial charge in [-0.05, 0) is 68.1 Å². The number of hydrogen-bond acceptors (Lipinski definition) is 7. The topological polar surface area (TPSA) is 88.1 Å². The van der Waals surface area contributed by atoms with Crippen molar-refractivity contribution < 1.29 is 8.42 Å². The van der Waals surface area contributed by atoms with Crippen LogP contribution in [0, 0.1) is 12.8 Å². The van der Waals surface area contributed by atoms with Gasteiger partial charge in [0.2, 0.25) is 0 Å². The lowest BCUT2D eigenvalue weighted by Crippen LogP contribution is -2.33. The third-order valence-electron chi connectivity index (χ3n) is 5.97. The minimum absolute atomic E-state index is 0.219. The van der Waals surface area contributed by atoms with Crippen LogP contribution in [0.15, 0.2) is 59.5 Å². The number of nitrogens with zero attached hydrogens (tertiary/aromatic N) is 4. The van der Waals surface area contributed by atoms with E-state index in [1.165, 1.54) is 24.2 Å². The van der Waals surface area contributed by atoms with Gasteiger partial charge in [-0.1, -0.05) is 19.1 Å². The fourth-order valence-corrected chi connectivity index (χ4v) is 6.02. The summed E-state index contributed by atoms with van der Waals surface area (Å²) < 4.78 is 29.2. The molecular formula is C24H25N5O2S2. The first-order chi connectivity index (χ1) is 15.9. The molecule has 0 bridgehead atoms. The standard InChI is InChI=1S/C24H25N5O2S2/c1-16-11-13-29(14-12-16)24-10-9-21(26-27-24)18-3-5-19(6-4-18)28-33(30,31)20-7-8-22-23(15-20)32-17(2)25-22/h3-10,15-16,28H,11-14H2,1-2H3. The Labute approximate surface area is 197 Å². The molecule has 0 unspecified atom stereocenters. The van der Waals surface area contributed by atoms with Crippen molar-refractivity contribution in [3.63, 3.8) is 0 Å². The van der Waals surface area contributed by atoms with Crippen LogP contribution in [0.25, 0.3) is 21.5 Å². The molecule has 3 heterocycles. The highest BCUT2D eigenvalue weighted by atomic mass is 32.2. The summed E-state index contributed by atoms with van der Waals surface area (Å²) in [6.45, 7) is 6.22. The Bertz CT molecular complexity index is 1370. The van der Waals surface area contributed by atoms with Gasteiger partial charge in [-0.25, -0.2) is 13.4 Å². The van der Waals surface area contributed by atoms with Crippen LogP contribution in [0.4, 0.5) is 11.5 Å². The Morgan fingerprint density at radius 2 is 1.76 bits per heavy atom. The van der Waals surface area contributed by atoms with Gasteiger partial charge in [-0.15, -0.1) is 21.5 Å². The Hall–Kier alpha value is -3.04. The van der Waals surface area contributed by atoms with Crippen LogP contribution in [0.5, 0.6) is 0 Å². The van der Waals surface area contributed by atoms with E-state index in [-0.39, 0.29) is 4.90 Å². The van der Waals surface area contributed by atoms with Gasteiger partial charge in [0.05, 0.1) is 25.8 Å². The van der Waals surface area contributed by atoms with Crippen molar-refractivity contribution in [2.75, 3.05) is 22.7 Å². The summed E-state index contributed by atoms with van der Waals surface area (Å²) >= 11 is 1.48. The molecule has 0 amide bonds. The van der Waals surface area contributed by atoms with Crippen LogP contribution in [-0.4, -0.2) is 36.7 Å². The number of aryl methyl sites for hydroxylation is 1. The molecule has 0 radical (unpaired) electrons. The normalized spacial score (nSPS) is 15.2. The summed E-state index contributed by atoms with van der Waals surface area (Å²) in [6.07, 6.45) is 2.36. The van der Waals surface area contributed by atoms with E-state index in [9.17, 15) is 8.42 Å². The molecule has 0 spiro atoms. The number of rotatable bonds is 5. The lowest BCUT2D eigenvalue weighted by Gasteiger charge is -2.30. The van der Waals surface area contributed by atoms with Gasteiger partial charge in [-0.3, -0.25) is 4.72 Å². The molecule has 1 saturated heterocycles. The van der Waals surface area contributed by atoms with Crippen LogP contribution in [-0.2, 0) is 10.0 Å². The zero-order valence-electron chi connectivity index (χ0n) is 18.5. The van der Waals surface area contributed by atoms with Crippen molar-refractivity contribution in [3.05, 3.63) is 59.6 Å². The predicted molar refractivity (Wildman–Crippen MR) is 133 cm³/mol. The third-order valence-corrected chi connectivity index (χ3v) is 8.28. The van der Waals surface area contributed by atoms with E-state index in [4.69, 9.17) is 0 Å². The number of nitrogens with one attached hydrogen (secondary N) is 1. The molecule has 0 aliphatic carbocycles. The number of hydrogen-bond donors (Lipinski definition) is 1. The quantitative estimate of drug-likeness (QED) is 0.428. The molecule has 7 nitrogen and oxygen atoms in total. The van der Waals surface area contributed by atoms with Crippen LogP contribution in [0.2, 0.25) is 0 Å². The lowest BCUT2D eigenvalue weighted by molar-refractivity contribution is 0.436. The number of benzene rings is 2. The number of piperidine rings is 1. The van der Waals surface area contributed by atoms with Crippen LogP contribution in [0.3, 0.4) is 0 Å².